The van der Waals surface area contributed by atoms with Gasteiger partial charge in [0.1, 0.15) is 0 Å². The zero-order chi connectivity index (χ0) is 13.8. The first-order valence-corrected chi connectivity index (χ1v) is 7.47. The SMILES string of the molecule is NCCCN1CCc2ccccc2-c2ccccc2C1. The van der Waals surface area contributed by atoms with Crippen LogP contribution in [0, 0.1) is 0 Å². The maximum absolute atomic E-state index is 5.66. The molecule has 0 aromatic heterocycles. The molecule has 2 nitrogen and oxygen atoms in total. The van der Waals surface area contributed by atoms with Crippen molar-refractivity contribution >= 4 is 0 Å². The van der Waals surface area contributed by atoms with Gasteiger partial charge in [-0.05, 0) is 48.2 Å². The average molecular weight is 266 g/mol. The van der Waals surface area contributed by atoms with Crippen LogP contribution in [0.1, 0.15) is 17.5 Å². The van der Waals surface area contributed by atoms with E-state index in [2.05, 4.69) is 53.4 Å². The summed E-state index contributed by atoms with van der Waals surface area (Å²) < 4.78 is 0. The minimum absolute atomic E-state index is 0.773. The molecular formula is C18H22N2. The third kappa shape index (κ3) is 2.77. The highest BCUT2D eigenvalue weighted by Crippen LogP contribution is 2.30. The summed E-state index contributed by atoms with van der Waals surface area (Å²) >= 11 is 0. The summed E-state index contributed by atoms with van der Waals surface area (Å²) in [5.41, 5.74) is 11.3. The van der Waals surface area contributed by atoms with Gasteiger partial charge in [-0.25, -0.2) is 0 Å². The first-order chi connectivity index (χ1) is 9.88. The third-order valence-corrected chi connectivity index (χ3v) is 4.09. The van der Waals surface area contributed by atoms with E-state index in [1.54, 1.807) is 0 Å². The van der Waals surface area contributed by atoms with Gasteiger partial charge in [0, 0.05) is 13.1 Å². The molecule has 104 valence electrons. The van der Waals surface area contributed by atoms with E-state index >= 15 is 0 Å². The van der Waals surface area contributed by atoms with E-state index in [1.807, 2.05) is 0 Å². The summed E-state index contributed by atoms with van der Waals surface area (Å²) in [5, 5.41) is 0. The molecule has 0 atom stereocenters. The first-order valence-electron chi connectivity index (χ1n) is 7.47. The van der Waals surface area contributed by atoms with Crippen LogP contribution in [-0.4, -0.2) is 24.5 Å². The molecule has 2 aromatic carbocycles. The van der Waals surface area contributed by atoms with E-state index in [9.17, 15) is 0 Å². The Morgan fingerprint density at radius 3 is 2.30 bits per heavy atom. The minimum Gasteiger partial charge on any atom is -0.330 e. The zero-order valence-corrected chi connectivity index (χ0v) is 11.9. The summed E-state index contributed by atoms with van der Waals surface area (Å²) in [6, 6.07) is 17.6. The molecule has 0 saturated heterocycles. The fraction of sp³-hybridized carbons (Fsp3) is 0.333. The van der Waals surface area contributed by atoms with E-state index in [0.29, 0.717) is 0 Å². The zero-order valence-electron chi connectivity index (χ0n) is 11.9. The van der Waals surface area contributed by atoms with Gasteiger partial charge in [-0.15, -0.1) is 0 Å². The lowest BCUT2D eigenvalue weighted by Gasteiger charge is -2.27. The monoisotopic (exact) mass is 266 g/mol. The van der Waals surface area contributed by atoms with Crippen LogP contribution in [0.3, 0.4) is 0 Å². The fourth-order valence-electron chi connectivity index (χ4n) is 3.03. The van der Waals surface area contributed by atoms with Crippen molar-refractivity contribution in [2.75, 3.05) is 19.6 Å². The largest absolute Gasteiger partial charge is 0.330 e. The molecule has 0 fully saturated rings. The highest BCUT2D eigenvalue weighted by molar-refractivity contribution is 5.71. The summed E-state index contributed by atoms with van der Waals surface area (Å²) in [5.74, 6) is 0. The minimum atomic E-state index is 0.773. The predicted octanol–water partition coefficient (Wildman–Crippen LogP) is 3.06. The Hall–Kier alpha value is -1.64. The van der Waals surface area contributed by atoms with Gasteiger partial charge < -0.3 is 5.73 Å². The molecule has 2 heteroatoms. The van der Waals surface area contributed by atoms with Crippen molar-refractivity contribution < 1.29 is 0 Å². The Kier molecular flexibility index (Phi) is 4.14. The lowest BCUT2D eigenvalue weighted by molar-refractivity contribution is 0.266. The Morgan fingerprint density at radius 1 is 0.900 bits per heavy atom. The van der Waals surface area contributed by atoms with E-state index < -0.39 is 0 Å². The number of fused-ring (bicyclic) bond motifs is 3. The van der Waals surface area contributed by atoms with Crippen LogP contribution in [-0.2, 0) is 13.0 Å². The standard InChI is InChI=1S/C18H22N2/c19-11-5-12-20-13-10-15-6-1-3-8-17(15)18-9-4-2-7-16(18)14-20/h1-4,6-9H,5,10-14,19H2. The molecule has 2 N–H and O–H groups in total. The maximum atomic E-state index is 5.66. The van der Waals surface area contributed by atoms with Crippen molar-refractivity contribution in [1.82, 2.24) is 4.90 Å². The van der Waals surface area contributed by atoms with Gasteiger partial charge in [0.25, 0.3) is 0 Å². The third-order valence-electron chi connectivity index (χ3n) is 4.09. The molecular weight excluding hydrogens is 244 g/mol. The van der Waals surface area contributed by atoms with Crippen LogP contribution < -0.4 is 5.73 Å². The van der Waals surface area contributed by atoms with Gasteiger partial charge in [-0.3, -0.25) is 4.90 Å². The molecule has 0 amide bonds. The van der Waals surface area contributed by atoms with Crippen molar-refractivity contribution in [3.8, 4) is 11.1 Å². The van der Waals surface area contributed by atoms with E-state index in [-0.39, 0.29) is 0 Å². The summed E-state index contributed by atoms with van der Waals surface area (Å²) in [7, 11) is 0. The van der Waals surface area contributed by atoms with Crippen molar-refractivity contribution in [3.63, 3.8) is 0 Å². The smallest absolute Gasteiger partial charge is 0.0240 e. The quantitative estimate of drug-likeness (QED) is 0.925. The average Bonchev–Trinajstić information content (AvgIpc) is 2.49. The van der Waals surface area contributed by atoms with Crippen LogP contribution in [0.15, 0.2) is 48.5 Å². The number of nitrogens with two attached hydrogens (primary N) is 1. The Balaban J connectivity index is 1.98. The molecule has 3 rings (SSSR count). The number of hydrogen-bond acceptors (Lipinski definition) is 2. The van der Waals surface area contributed by atoms with Crippen molar-refractivity contribution in [3.05, 3.63) is 59.7 Å². The second kappa shape index (κ2) is 6.21. The van der Waals surface area contributed by atoms with Crippen LogP contribution in [0.5, 0.6) is 0 Å². The molecule has 0 aliphatic carbocycles. The molecule has 0 bridgehead atoms. The number of nitrogens with zero attached hydrogens (tertiary/aromatic N) is 1. The molecule has 0 unspecified atom stereocenters. The lowest BCUT2D eigenvalue weighted by Crippen LogP contribution is -2.29. The molecule has 0 saturated carbocycles. The topological polar surface area (TPSA) is 29.3 Å². The van der Waals surface area contributed by atoms with Crippen molar-refractivity contribution in [1.29, 1.82) is 0 Å². The van der Waals surface area contributed by atoms with E-state index in [4.69, 9.17) is 5.73 Å². The Labute approximate surface area is 121 Å². The Morgan fingerprint density at radius 2 is 1.55 bits per heavy atom. The molecule has 0 radical (unpaired) electrons. The van der Waals surface area contributed by atoms with Crippen molar-refractivity contribution in [2.45, 2.75) is 19.4 Å². The molecule has 1 aliphatic heterocycles. The summed E-state index contributed by atoms with van der Waals surface area (Å²) in [4.78, 5) is 2.53. The van der Waals surface area contributed by atoms with E-state index in [0.717, 1.165) is 39.0 Å². The number of rotatable bonds is 3. The van der Waals surface area contributed by atoms with Gasteiger partial charge in [0.2, 0.25) is 0 Å². The number of benzene rings is 2. The van der Waals surface area contributed by atoms with Gasteiger partial charge in [-0.2, -0.15) is 0 Å². The molecule has 1 aliphatic rings. The van der Waals surface area contributed by atoms with Crippen LogP contribution >= 0.6 is 0 Å². The molecule has 2 aromatic rings. The van der Waals surface area contributed by atoms with Gasteiger partial charge in [0.15, 0.2) is 0 Å². The summed E-state index contributed by atoms with van der Waals surface area (Å²) in [6.07, 6.45) is 2.19. The van der Waals surface area contributed by atoms with Gasteiger partial charge >= 0.3 is 0 Å². The lowest BCUT2D eigenvalue weighted by atomic mass is 9.92. The van der Waals surface area contributed by atoms with E-state index in [1.165, 1.54) is 22.3 Å². The summed E-state index contributed by atoms with van der Waals surface area (Å²) in [6.45, 7) is 4.01. The molecule has 0 spiro atoms. The fourth-order valence-corrected chi connectivity index (χ4v) is 3.03. The highest BCUT2D eigenvalue weighted by Gasteiger charge is 2.16. The van der Waals surface area contributed by atoms with Gasteiger partial charge in [0.05, 0.1) is 0 Å². The van der Waals surface area contributed by atoms with Crippen LogP contribution in [0.2, 0.25) is 0 Å². The first kappa shape index (κ1) is 13.3. The molecule has 1 heterocycles. The maximum Gasteiger partial charge on any atom is 0.0240 e. The van der Waals surface area contributed by atoms with Crippen LogP contribution in [0.25, 0.3) is 11.1 Å². The second-order valence-electron chi connectivity index (χ2n) is 5.48. The normalized spacial score (nSPS) is 15.1. The highest BCUT2D eigenvalue weighted by atomic mass is 15.1. The van der Waals surface area contributed by atoms with Crippen LogP contribution in [0.4, 0.5) is 0 Å². The predicted molar refractivity (Wildman–Crippen MR) is 84.5 cm³/mol. The second-order valence-corrected chi connectivity index (χ2v) is 5.48. The molecule has 20 heavy (non-hydrogen) atoms. The van der Waals surface area contributed by atoms with Crippen molar-refractivity contribution in [2.24, 2.45) is 5.73 Å². The number of hydrogen-bond donors (Lipinski definition) is 1. The Bertz CT molecular complexity index is 577. The van der Waals surface area contributed by atoms with Gasteiger partial charge in [-0.1, -0.05) is 48.5 Å².